The Bertz CT molecular complexity index is 495. The van der Waals surface area contributed by atoms with Crippen molar-refractivity contribution in [3.05, 3.63) is 23.8 Å². The van der Waals surface area contributed by atoms with E-state index in [-0.39, 0.29) is 6.04 Å². The molecule has 88 valence electrons. The molecule has 1 aromatic rings. The molecular weight excluding hydrogens is 226 g/mol. The Morgan fingerprint density at radius 3 is 2.69 bits per heavy atom. The summed E-state index contributed by atoms with van der Waals surface area (Å²) >= 11 is 0. The standard InChI is InChI=1S/C10H15N3O2S/c1-7-9(11)3-2-4-10(7)13-16(14,15)12-8-5-6-8/h2-4,8,12-13H,5-6,11H2,1H3. The van der Waals surface area contributed by atoms with Crippen LogP contribution in [0.5, 0.6) is 0 Å². The smallest absolute Gasteiger partial charge is 0.299 e. The molecule has 1 saturated carbocycles. The van der Waals surface area contributed by atoms with Crippen LogP contribution in [-0.2, 0) is 10.2 Å². The number of hydrogen-bond acceptors (Lipinski definition) is 3. The molecule has 1 aromatic carbocycles. The fourth-order valence-electron chi connectivity index (χ4n) is 1.36. The molecule has 0 heterocycles. The highest BCUT2D eigenvalue weighted by atomic mass is 32.2. The number of rotatable bonds is 4. The number of nitrogen functional groups attached to an aromatic ring is 1. The van der Waals surface area contributed by atoms with Crippen molar-refractivity contribution in [3.8, 4) is 0 Å². The Hall–Kier alpha value is -1.27. The van der Waals surface area contributed by atoms with Crippen molar-refractivity contribution < 1.29 is 8.42 Å². The number of hydrogen-bond donors (Lipinski definition) is 3. The first-order valence-corrected chi connectivity index (χ1v) is 6.61. The minimum absolute atomic E-state index is 0.0962. The number of benzene rings is 1. The van der Waals surface area contributed by atoms with Crippen molar-refractivity contribution in [3.63, 3.8) is 0 Å². The van der Waals surface area contributed by atoms with Gasteiger partial charge >= 0.3 is 0 Å². The van der Waals surface area contributed by atoms with Gasteiger partial charge in [0.15, 0.2) is 0 Å². The first-order chi connectivity index (χ1) is 7.48. The van der Waals surface area contributed by atoms with Crippen molar-refractivity contribution >= 4 is 21.6 Å². The van der Waals surface area contributed by atoms with Crippen LogP contribution in [0, 0.1) is 6.92 Å². The summed E-state index contributed by atoms with van der Waals surface area (Å²) in [6, 6.07) is 5.25. The first-order valence-electron chi connectivity index (χ1n) is 5.13. The van der Waals surface area contributed by atoms with Crippen molar-refractivity contribution in [1.29, 1.82) is 0 Å². The quantitative estimate of drug-likeness (QED) is 0.687. The predicted molar refractivity (Wildman–Crippen MR) is 64.3 cm³/mol. The Labute approximate surface area is 95.2 Å². The molecule has 4 N–H and O–H groups in total. The van der Waals surface area contributed by atoms with Crippen LogP contribution < -0.4 is 15.2 Å². The average molecular weight is 241 g/mol. The largest absolute Gasteiger partial charge is 0.398 e. The Balaban J connectivity index is 2.16. The number of nitrogens with one attached hydrogen (secondary N) is 2. The SMILES string of the molecule is Cc1c(N)cccc1NS(=O)(=O)NC1CC1. The zero-order valence-electron chi connectivity index (χ0n) is 9.03. The molecule has 5 nitrogen and oxygen atoms in total. The molecule has 16 heavy (non-hydrogen) atoms. The van der Waals surface area contributed by atoms with Gasteiger partial charge in [-0.1, -0.05) is 6.07 Å². The van der Waals surface area contributed by atoms with Gasteiger partial charge < -0.3 is 5.73 Å². The van der Waals surface area contributed by atoms with Crippen LogP contribution in [0.25, 0.3) is 0 Å². The topological polar surface area (TPSA) is 84.2 Å². The van der Waals surface area contributed by atoms with Crippen LogP contribution in [-0.4, -0.2) is 14.5 Å². The second-order valence-corrected chi connectivity index (χ2v) is 5.46. The fraction of sp³-hybridized carbons (Fsp3) is 0.400. The lowest BCUT2D eigenvalue weighted by Gasteiger charge is -2.12. The summed E-state index contributed by atoms with van der Waals surface area (Å²) in [7, 11) is -3.47. The summed E-state index contributed by atoms with van der Waals surface area (Å²) in [5.74, 6) is 0. The van der Waals surface area contributed by atoms with Crippen LogP contribution in [0.15, 0.2) is 18.2 Å². The molecule has 0 aliphatic heterocycles. The van der Waals surface area contributed by atoms with Crippen molar-refractivity contribution in [2.24, 2.45) is 0 Å². The van der Waals surface area contributed by atoms with E-state index in [4.69, 9.17) is 5.73 Å². The number of nitrogens with two attached hydrogens (primary N) is 1. The van der Waals surface area contributed by atoms with Gasteiger partial charge in [0.25, 0.3) is 10.2 Å². The van der Waals surface area contributed by atoms with Gasteiger partial charge in [0.1, 0.15) is 0 Å². The maximum atomic E-state index is 11.7. The van der Waals surface area contributed by atoms with Gasteiger partial charge in [-0.2, -0.15) is 13.1 Å². The van der Waals surface area contributed by atoms with Crippen LogP contribution in [0.2, 0.25) is 0 Å². The van der Waals surface area contributed by atoms with Crippen molar-refractivity contribution in [2.45, 2.75) is 25.8 Å². The van der Waals surface area contributed by atoms with Crippen LogP contribution >= 0.6 is 0 Å². The van der Waals surface area contributed by atoms with Gasteiger partial charge in [-0.05, 0) is 37.5 Å². The molecule has 0 bridgehead atoms. The number of anilines is 2. The van der Waals surface area contributed by atoms with Crippen LogP contribution in [0.4, 0.5) is 11.4 Å². The lowest BCUT2D eigenvalue weighted by Crippen LogP contribution is -2.32. The van der Waals surface area contributed by atoms with Gasteiger partial charge in [-0.25, -0.2) is 0 Å². The van der Waals surface area contributed by atoms with Crippen molar-refractivity contribution in [1.82, 2.24) is 4.72 Å². The molecule has 1 aliphatic carbocycles. The van der Waals surface area contributed by atoms with E-state index in [1.165, 1.54) is 0 Å². The van der Waals surface area contributed by atoms with Gasteiger partial charge in [0, 0.05) is 11.7 Å². The van der Waals surface area contributed by atoms with Gasteiger partial charge in [0.05, 0.1) is 5.69 Å². The van der Waals surface area contributed by atoms with E-state index in [2.05, 4.69) is 9.44 Å². The summed E-state index contributed by atoms with van der Waals surface area (Å²) < 4.78 is 28.3. The highest BCUT2D eigenvalue weighted by Gasteiger charge is 2.27. The molecule has 0 unspecified atom stereocenters. The molecule has 0 saturated heterocycles. The average Bonchev–Trinajstić information content (AvgIpc) is 2.95. The zero-order chi connectivity index (χ0) is 11.8. The van der Waals surface area contributed by atoms with E-state index in [1.54, 1.807) is 25.1 Å². The zero-order valence-corrected chi connectivity index (χ0v) is 9.84. The Kier molecular flexibility index (Phi) is 2.77. The van der Waals surface area contributed by atoms with Gasteiger partial charge in [0.2, 0.25) is 0 Å². The highest BCUT2D eigenvalue weighted by Crippen LogP contribution is 2.23. The summed E-state index contributed by atoms with van der Waals surface area (Å²) in [5.41, 5.74) is 7.53. The summed E-state index contributed by atoms with van der Waals surface area (Å²) in [4.78, 5) is 0. The molecule has 0 radical (unpaired) electrons. The van der Waals surface area contributed by atoms with E-state index in [0.29, 0.717) is 11.4 Å². The second kappa shape index (κ2) is 3.95. The Morgan fingerprint density at radius 2 is 2.06 bits per heavy atom. The molecule has 0 aromatic heterocycles. The third-order valence-corrected chi connectivity index (χ3v) is 3.65. The van der Waals surface area contributed by atoms with Crippen LogP contribution in [0.3, 0.4) is 0 Å². The van der Waals surface area contributed by atoms with E-state index in [0.717, 1.165) is 18.4 Å². The van der Waals surface area contributed by atoms with Gasteiger partial charge in [-0.3, -0.25) is 4.72 Å². The Morgan fingerprint density at radius 1 is 1.38 bits per heavy atom. The summed E-state index contributed by atoms with van der Waals surface area (Å²) in [6.45, 7) is 1.78. The molecule has 0 spiro atoms. The van der Waals surface area contributed by atoms with E-state index >= 15 is 0 Å². The van der Waals surface area contributed by atoms with Gasteiger partial charge in [-0.15, -0.1) is 0 Å². The monoisotopic (exact) mass is 241 g/mol. The first kappa shape index (κ1) is 11.2. The highest BCUT2D eigenvalue weighted by molar-refractivity contribution is 7.90. The van der Waals surface area contributed by atoms with E-state index in [1.807, 2.05) is 0 Å². The molecule has 0 amide bonds. The minimum atomic E-state index is -3.47. The lowest BCUT2D eigenvalue weighted by molar-refractivity contribution is 0.586. The summed E-state index contributed by atoms with van der Waals surface area (Å²) in [5, 5.41) is 0. The summed E-state index contributed by atoms with van der Waals surface area (Å²) in [6.07, 6.45) is 1.83. The lowest BCUT2D eigenvalue weighted by atomic mass is 10.2. The maximum Gasteiger partial charge on any atom is 0.299 e. The second-order valence-electron chi connectivity index (χ2n) is 4.02. The molecule has 1 aliphatic rings. The molecule has 1 fully saturated rings. The normalized spacial score (nSPS) is 16.1. The molecular formula is C10H15N3O2S. The molecule has 6 heteroatoms. The predicted octanol–water partition coefficient (Wildman–Crippen LogP) is 0.986. The van der Waals surface area contributed by atoms with E-state index in [9.17, 15) is 8.42 Å². The van der Waals surface area contributed by atoms with E-state index < -0.39 is 10.2 Å². The molecule has 0 atom stereocenters. The third kappa shape index (κ3) is 2.65. The fourth-order valence-corrected chi connectivity index (χ4v) is 2.60. The van der Waals surface area contributed by atoms with Crippen molar-refractivity contribution in [2.75, 3.05) is 10.5 Å². The molecule has 2 rings (SSSR count). The maximum absolute atomic E-state index is 11.7. The van der Waals surface area contributed by atoms with Crippen LogP contribution in [0.1, 0.15) is 18.4 Å². The minimum Gasteiger partial charge on any atom is -0.398 e. The third-order valence-electron chi connectivity index (χ3n) is 2.52.